The monoisotopic (exact) mass is 316 g/mol. The topological polar surface area (TPSA) is 84.7 Å². The van der Waals surface area contributed by atoms with E-state index < -0.39 is 13.0 Å². The van der Waals surface area contributed by atoms with Crippen LogP contribution in [0.25, 0.3) is 5.69 Å². The third kappa shape index (κ3) is 1.86. The highest BCUT2D eigenvalue weighted by atomic mass is 16.5. The van der Waals surface area contributed by atoms with Gasteiger partial charge in [0.2, 0.25) is 0 Å². The van der Waals surface area contributed by atoms with Crippen molar-refractivity contribution in [2.24, 2.45) is 0 Å². The van der Waals surface area contributed by atoms with Crippen LogP contribution in [0.15, 0.2) is 24.5 Å². The van der Waals surface area contributed by atoms with Crippen molar-refractivity contribution in [3.8, 4) is 11.4 Å². The highest BCUT2D eigenvalue weighted by Gasteiger charge is 2.40. The number of carbonyl (C=O) groups excluding carboxylic acids is 1. The Balaban J connectivity index is 1.92. The molecule has 1 amide bonds. The van der Waals surface area contributed by atoms with E-state index in [1.807, 2.05) is 0 Å². The second-order valence-corrected chi connectivity index (χ2v) is 5.59. The number of methoxy groups -OCH3 is 1. The first-order valence-electron chi connectivity index (χ1n) is 8.71. The van der Waals surface area contributed by atoms with E-state index in [2.05, 4.69) is 4.98 Å². The predicted octanol–water partition coefficient (Wildman–Crippen LogP) is 1.87. The SMILES string of the molecule is [2H]C([2H])([2H])Oc1ccc2c(c1)C(=O)N1CCC[C@H]1c1c(C(=O)O)ncn1-2. The van der Waals surface area contributed by atoms with Gasteiger partial charge in [0.15, 0.2) is 5.69 Å². The lowest BCUT2D eigenvalue weighted by molar-refractivity contribution is 0.0673. The number of nitrogens with zero attached hydrogens (tertiary/aromatic N) is 3. The molecule has 0 bridgehead atoms. The molecule has 0 unspecified atom stereocenters. The summed E-state index contributed by atoms with van der Waals surface area (Å²) in [6.07, 6.45) is 2.78. The van der Waals surface area contributed by atoms with Gasteiger partial charge in [-0.25, -0.2) is 9.78 Å². The average Bonchev–Trinajstić information content (AvgIpc) is 3.17. The minimum absolute atomic E-state index is 0.0508. The standard InChI is InChI=1S/C16H15N3O4/c1-23-9-4-5-11-10(7-9)15(20)18-6-2-3-12(18)14-13(16(21)22)17-8-19(11)14/h4-5,7-8,12H,2-3,6H2,1H3,(H,21,22)/t12-/m0/s1/i1D3. The predicted molar refractivity (Wildman–Crippen MR) is 80.1 cm³/mol. The number of aromatic nitrogens is 2. The largest absolute Gasteiger partial charge is 0.497 e. The Bertz CT molecular complexity index is 922. The van der Waals surface area contributed by atoms with Gasteiger partial charge in [-0.3, -0.25) is 9.36 Å². The van der Waals surface area contributed by atoms with Crippen molar-refractivity contribution in [3.63, 3.8) is 0 Å². The molecular weight excluding hydrogens is 298 g/mol. The number of amides is 1. The average molecular weight is 316 g/mol. The molecule has 2 aliphatic heterocycles. The molecule has 1 fully saturated rings. The van der Waals surface area contributed by atoms with E-state index in [-0.39, 0.29) is 29.0 Å². The zero-order valence-corrected chi connectivity index (χ0v) is 12.0. The fraction of sp³-hybridized carbons (Fsp3) is 0.312. The molecule has 0 saturated carbocycles. The zero-order chi connectivity index (χ0) is 18.6. The van der Waals surface area contributed by atoms with Gasteiger partial charge < -0.3 is 14.7 Å². The number of imidazole rings is 1. The van der Waals surface area contributed by atoms with Gasteiger partial charge in [-0.1, -0.05) is 0 Å². The van der Waals surface area contributed by atoms with Crippen LogP contribution in [-0.4, -0.2) is 45.0 Å². The highest BCUT2D eigenvalue weighted by Crippen LogP contribution is 2.40. The number of hydrogen-bond acceptors (Lipinski definition) is 4. The number of carboxylic acid groups (broad SMARTS) is 1. The van der Waals surface area contributed by atoms with Crippen LogP contribution in [0.2, 0.25) is 0 Å². The highest BCUT2D eigenvalue weighted by molar-refractivity contribution is 6.00. The Labute approximate surface area is 136 Å². The van der Waals surface area contributed by atoms with Crippen molar-refractivity contribution >= 4 is 11.9 Å². The molecule has 1 saturated heterocycles. The summed E-state index contributed by atoms with van der Waals surface area (Å²) in [5.74, 6) is -1.38. The maximum atomic E-state index is 13.0. The van der Waals surface area contributed by atoms with E-state index in [0.717, 1.165) is 6.42 Å². The van der Waals surface area contributed by atoms with Gasteiger partial charge in [-0.15, -0.1) is 0 Å². The van der Waals surface area contributed by atoms with Gasteiger partial charge in [0.25, 0.3) is 5.91 Å². The lowest BCUT2D eigenvalue weighted by Crippen LogP contribution is -2.30. The van der Waals surface area contributed by atoms with E-state index in [1.54, 1.807) is 15.5 Å². The van der Waals surface area contributed by atoms with Crippen molar-refractivity contribution in [1.29, 1.82) is 0 Å². The minimum Gasteiger partial charge on any atom is -0.497 e. The quantitative estimate of drug-likeness (QED) is 0.914. The summed E-state index contributed by atoms with van der Waals surface area (Å²) >= 11 is 0. The molecule has 1 aromatic carbocycles. The molecule has 23 heavy (non-hydrogen) atoms. The van der Waals surface area contributed by atoms with E-state index in [0.29, 0.717) is 24.3 Å². The maximum Gasteiger partial charge on any atom is 0.356 e. The summed E-state index contributed by atoms with van der Waals surface area (Å²) in [7, 11) is -2.63. The van der Waals surface area contributed by atoms with Crippen LogP contribution < -0.4 is 4.74 Å². The van der Waals surface area contributed by atoms with Gasteiger partial charge in [0.05, 0.1) is 34.1 Å². The van der Waals surface area contributed by atoms with Gasteiger partial charge in [-0.05, 0) is 31.0 Å². The van der Waals surface area contributed by atoms with Gasteiger partial charge in [0.1, 0.15) is 12.1 Å². The van der Waals surface area contributed by atoms with Crippen LogP contribution in [0.4, 0.5) is 0 Å². The summed E-state index contributed by atoms with van der Waals surface area (Å²) in [5, 5.41) is 9.47. The molecule has 7 heteroatoms. The van der Waals surface area contributed by atoms with Crippen molar-refractivity contribution in [2.75, 3.05) is 13.6 Å². The van der Waals surface area contributed by atoms with E-state index in [4.69, 9.17) is 8.85 Å². The third-order valence-corrected chi connectivity index (χ3v) is 4.41. The third-order valence-electron chi connectivity index (χ3n) is 4.41. The van der Waals surface area contributed by atoms with E-state index in [9.17, 15) is 14.7 Å². The lowest BCUT2D eigenvalue weighted by Gasteiger charge is -2.22. The van der Waals surface area contributed by atoms with Crippen LogP contribution in [0.1, 0.15) is 49.5 Å². The molecule has 7 nitrogen and oxygen atoms in total. The Morgan fingerprint density at radius 2 is 2.39 bits per heavy atom. The molecule has 2 aromatic rings. The Morgan fingerprint density at radius 3 is 3.17 bits per heavy atom. The fourth-order valence-corrected chi connectivity index (χ4v) is 3.44. The van der Waals surface area contributed by atoms with Crippen LogP contribution in [0.3, 0.4) is 0 Å². The number of carboxylic acids is 1. The normalized spacial score (nSPS) is 21.4. The number of benzene rings is 1. The first kappa shape index (κ1) is 10.8. The number of ether oxygens (including phenoxy) is 1. The molecule has 0 spiro atoms. The molecule has 0 aliphatic carbocycles. The Kier molecular flexibility index (Phi) is 2.28. The molecule has 1 N–H and O–H groups in total. The number of hydrogen-bond donors (Lipinski definition) is 1. The van der Waals surface area contributed by atoms with Crippen molar-refractivity contribution in [3.05, 3.63) is 41.5 Å². The molecule has 118 valence electrons. The van der Waals surface area contributed by atoms with Crippen molar-refractivity contribution in [2.45, 2.75) is 18.9 Å². The van der Waals surface area contributed by atoms with Gasteiger partial charge in [-0.2, -0.15) is 0 Å². The fourth-order valence-electron chi connectivity index (χ4n) is 3.44. The zero-order valence-electron chi connectivity index (χ0n) is 15.0. The second-order valence-electron chi connectivity index (χ2n) is 5.59. The van der Waals surface area contributed by atoms with E-state index in [1.165, 1.54) is 18.5 Å². The van der Waals surface area contributed by atoms with Crippen molar-refractivity contribution in [1.82, 2.24) is 14.5 Å². The van der Waals surface area contributed by atoms with Crippen LogP contribution in [0.5, 0.6) is 5.75 Å². The molecular formula is C16H15N3O4. The molecule has 0 radical (unpaired) electrons. The van der Waals surface area contributed by atoms with Gasteiger partial charge >= 0.3 is 5.97 Å². The Morgan fingerprint density at radius 1 is 1.52 bits per heavy atom. The van der Waals surface area contributed by atoms with Crippen molar-refractivity contribution < 1.29 is 23.5 Å². The molecule has 4 rings (SSSR count). The van der Waals surface area contributed by atoms with Crippen LogP contribution in [-0.2, 0) is 0 Å². The van der Waals surface area contributed by atoms with Gasteiger partial charge in [0, 0.05) is 6.54 Å². The summed E-state index contributed by atoms with van der Waals surface area (Å²) in [6, 6.07) is 4.00. The number of aromatic carboxylic acids is 1. The maximum absolute atomic E-state index is 13.0. The first-order valence-corrected chi connectivity index (χ1v) is 7.21. The second kappa shape index (κ2) is 4.84. The Hall–Kier alpha value is -2.83. The summed E-state index contributed by atoms with van der Waals surface area (Å²) < 4.78 is 28.2. The molecule has 2 aliphatic rings. The molecule has 3 heterocycles. The van der Waals surface area contributed by atoms with E-state index >= 15 is 0 Å². The summed E-state index contributed by atoms with van der Waals surface area (Å²) in [5.41, 5.74) is 1.10. The van der Waals surface area contributed by atoms with Crippen LogP contribution in [0, 0.1) is 0 Å². The number of carbonyl (C=O) groups is 2. The summed E-state index contributed by atoms with van der Waals surface area (Å²) in [6.45, 7) is 0.498. The summed E-state index contributed by atoms with van der Waals surface area (Å²) in [4.78, 5) is 30.2. The lowest BCUT2D eigenvalue weighted by atomic mass is 10.1. The minimum atomic E-state index is -2.63. The number of rotatable bonds is 2. The molecule has 1 aromatic heterocycles. The number of fused-ring (bicyclic) bond motifs is 5. The van der Waals surface area contributed by atoms with Crippen LogP contribution >= 0.6 is 0 Å². The smallest absolute Gasteiger partial charge is 0.356 e. The first-order chi connectivity index (χ1) is 12.3. The molecule has 1 atom stereocenters.